The van der Waals surface area contributed by atoms with Crippen molar-refractivity contribution < 1.29 is 20.1 Å². The highest BCUT2D eigenvalue weighted by molar-refractivity contribution is 6.33. The molecule has 0 aromatic heterocycles. The summed E-state index contributed by atoms with van der Waals surface area (Å²) in [4.78, 5) is 11.7. The summed E-state index contributed by atoms with van der Waals surface area (Å²) in [6.45, 7) is 1.42. The van der Waals surface area contributed by atoms with Gasteiger partial charge in [0.25, 0.3) is 0 Å². The zero-order valence-electron chi connectivity index (χ0n) is 11.2. The molecule has 0 saturated carbocycles. The van der Waals surface area contributed by atoms with Crippen LogP contribution in [0.5, 0.6) is 11.5 Å². The van der Waals surface area contributed by atoms with Gasteiger partial charge in [-0.25, -0.2) is 4.79 Å². The van der Waals surface area contributed by atoms with Gasteiger partial charge in [0.05, 0.1) is 10.7 Å². The molecule has 2 aromatic carbocycles. The highest BCUT2D eigenvalue weighted by atomic mass is 35.5. The molecule has 0 fully saturated rings. The smallest absolute Gasteiger partial charge is 0.333 e. The van der Waals surface area contributed by atoms with E-state index < -0.39 is 11.5 Å². The number of anilines is 1. The monoisotopic (exact) mass is 307 g/mol. The van der Waals surface area contributed by atoms with Crippen LogP contribution in [-0.4, -0.2) is 21.3 Å². The van der Waals surface area contributed by atoms with Gasteiger partial charge in [-0.1, -0.05) is 23.7 Å². The van der Waals surface area contributed by atoms with Gasteiger partial charge in [0.1, 0.15) is 11.5 Å². The highest BCUT2D eigenvalue weighted by Gasteiger charge is 2.36. The van der Waals surface area contributed by atoms with E-state index in [0.717, 1.165) is 6.07 Å². The van der Waals surface area contributed by atoms with Crippen LogP contribution in [0, 0.1) is 0 Å². The average molecular weight is 308 g/mol. The first-order valence-corrected chi connectivity index (χ1v) is 6.50. The summed E-state index contributed by atoms with van der Waals surface area (Å²) in [7, 11) is 0. The first-order chi connectivity index (χ1) is 9.83. The van der Waals surface area contributed by atoms with Crippen molar-refractivity contribution in [3.05, 3.63) is 53.1 Å². The molecular weight excluding hydrogens is 294 g/mol. The molecule has 0 aliphatic heterocycles. The predicted octanol–water partition coefficient (Wildman–Crippen LogP) is 3.16. The Morgan fingerprint density at radius 2 is 1.71 bits per heavy atom. The van der Waals surface area contributed by atoms with Gasteiger partial charge in [0.2, 0.25) is 0 Å². The molecule has 4 N–H and O–H groups in total. The molecule has 0 heterocycles. The molecule has 1 atom stereocenters. The summed E-state index contributed by atoms with van der Waals surface area (Å²) in [6.07, 6.45) is 0. The fraction of sp³-hybridized carbons (Fsp3) is 0.133. The molecular formula is C15H14ClNO4. The van der Waals surface area contributed by atoms with Gasteiger partial charge in [-0.3, -0.25) is 0 Å². The first-order valence-electron chi connectivity index (χ1n) is 6.12. The van der Waals surface area contributed by atoms with Crippen molar-refractivity contribution in [1.82, 2.24) is 0 Å². The first kappa shape index (κ1) is 15.0. The molecule has 21 heavy (non-hydrogen) atoms. The van der Waals surface area contributed by atoms with Crippen molar-refractivity contribution in [1.29, 1.82) is 0 Å². The Kier molecular flexibility index (Phi) is 3.95. The van der Waals surface area contributed by atoms with Crippen LogP contribution in [-0.2, 0) is 10.3 Å². The maximum Gasteiger partial charge on any atom is 0.333 e. The van der Waals surface area contributed by atoms with Gasteiger partial charge in [-0.2, -0.15) is 0 Å². The van der Waals surface area contributed by atoms with Crippen LogP contribution < -0.4 is 5.32 Å². The standard InChI is InChI=1S/C15H14ClNO4/c1-15(14(20)21,9-6-10(18)8-11(19)7-9)17-13-5-3-2-4-12(13)16/h2-8,17-19H,1H3,(H,20,21). The van der Waals surface area contributed by atoms with E-state index in [-0.39, 0.29) is 17.1 Å². The van der Waals surface area contributed by atoms with E-state index in [0.29, 0.717) is 10.7 Å². The second-order valence-electron chi connectivity index (χ2n) is 4.77. The minimum atomic E-state index is -1.57. The molecule has 5 nitrogen and oxygen atoms in total. The number of halogens is 1. The summed E-state index contributed by atoms with van der Waals surface area (Å²) in [5.41, 5.74) is -0.930. The van der Waals surface area contributed by atoms with Crippen LogP contribution in [0.2, 0.25) is 5.02 Å². The Bertz CT molecular complexity index is 669. The second-order valence-corrected chi connectivity index (χ2v) is 5.18. The van der Waals surface area contributed by atoms with Crippen LogP contribution >= 0.6 is 11.6 Å². The number of carboxylic acids is 1. The number of nitrogens with one attached hydrogen (secondary N) is 1. The van der Waals surface area contributed by atoms with Crippen LogP contribution in [0.4, 0.5) is 5.69 Å². The van der Waals surface area contributed by atoms with Gasteiger partial charge in [-0.15, -0.1) is 0 Å². The molecule has 2 rings (SSSR count). The van der Waals surface area contributed by atoms with E-state index in [1.807, 2.05) is 0 Å². The van der Waals surface area contributed by atoms with Gasteiger partial charge in [-0.05, 0) is 36.8 Å². The minimum absolute atomic E-state index is 0.201. The summed E-state index contributed by atoms with van der Waals surface area (Å²) in [5.74, 6) is -1.62. The third-order valence-corrected chi connectivity index (χ3v) is 3.50. The van der Waals surface area contributed by atoms with Crippen molar-refractivity contribution in [3.63, 3.8) is 0 Å². The van der Waals surface area contributed by atoms with Crippen LogP contribution in [0.15, 0.2) is 42.5 Å². The van der Waals surface area contributed by atoms with Gasteiger partial charge >= 0.3 is 5.97 Å². The van der Waals surface area contributed by atoms with E-state index >= 15 is 0 Å². The van der Waals surface area contributed by atoms with Crippen LogP contribution in [0.3, 0.4) is 0 Å². The third-order valence-electron chi connectivity index (χ3n) is 3.17. The van der Waals surface area contributed by atoms with E-state index in [1.165, 1.54) is 19.1 Å². The molecule has 0 aliphatic rings. The van der Waals surface area contributed by atoms with Crippen molar-refractivity contribution in [2.75, 3.05) is 5.32 Å². The predicted molar refractivity (Wildman–Crippen MR) is 79.8 cm³/mol. The maximum atomic E-state index is 11.7. The molecule has 0 amide bonds. The summed E-state index contributed by atoms with van der Waals surface area (Å²) in [6, 6.07) is 10.4. The molecule has 110 valence electrons. The number of benzene rings is 2. The van der Waals surface area contributed by atoms with Crippen molar-refractivity contribution in [2.45, 2.75) is 12.5 Å². The number of rotatable bonds is 4. The minimum Gasteiger partial charge on any atom is -0.508 e. The average Bonchev–Trinajstić information content (AvgIpc) is 2.40. The zero-order valence-corrected chi connectivity index (χ0v) is 11.9. The van der Waals surface area contributed by atoms with Gasteiger partial charge in [0, 0.05) is 6.07 Å². The Labute approximate surface area is 126 Å². The Balaban J connectivity index is 2.50. The Morgan fingerprint density at radius 3 is 2.24 bits per heavy atom. The fourth-order valence-corrected chi connectivity index (χ4v) is 2.15. The number of hydrogen-bond acceptors (Lipinski definition) is 4. The summed E-state index contributed by atoms with van der Waals surface area (Å²) < 4.78 is 0. The molecule has 1 unspecified atom stereocenters. The summed E-state index contributed by atoms with van der Waals surface area (Å²) in [5, 5.41) is 31.9. The van der Waals surface area contributed by atoms with E-state index in [1.54, 1.807) is 24.3 Å². The van der Waals surface area contributed by atoms with Crippen molar-refractivity contribution >= 4 is 23.3 Å². The summed E-state index contributed by atoms with van der Waals surface area (Å²) >= 11 is 6.03. The van der Waals surface area contributed by atoms with E-state index in [2.05, 4.69) is 5.32 Å². The van der Waals surface area contributed by atoms with Crippen molar-refractivity contribution in [3.8, 4) is 11.5 Å². The molecule has 0 saturated heterocycles. The number of carbonyl (C=O) groups is 1. The lowest BCUT2D eigenvalue weighted by molar-refractivity contribution is -0.142. The maximum absolute atomic E-state index is 11.7. The number of para-hydroxylation sites is 1. The number of carboxylic acid groups (broad SMARTS) is 1. The van der Waals surface area contributed by atoms with E-state index in [4.69, 9.17) is 11.6 Å². The SMILES string of the molecule is CC(Nc1ccccc1Cl)(C(=O)O)c1cc(O)cc(O)c1. The lowest BCUT2D eigenvalue weighted by atomic mass is 9.91. The number of phenolic OH excluding ortho intramolecular Hbond substituents is 2. The second kappa shape index (κ2) is 5.54. The molecule has 0 spiro atoms. The molecule has 0 bridgehead atoms. The number of phenols is 2. The highest BCUT2D eigenvalue weighted by Crippen LogP contribution is 2.34. The Morgan fingerprint density at radius 1 is 1.14 bits per heavy atom. The fourth-order valence-electron chi connectivity index (χ4n) is 1.96. The number of hydrogen-bond donors (Lipinski definition) is 4. The third kappa shape index (κ3) is 3.03. The molecule has 2 aromatic rings. The molecule has 6 heteroatoms. The number of aliphatic carboxylic acids is 1. The lowest BCUT2D eigenvalue weighted by Gasteiger charge is -2.28. The quantitative estimate of drug-likeness (QED) is 0.696. The lowest BCUT2D eigenvalue weighted by Crippen LogP contribution is -2.40. The molecule has 0 radical (unpaired) electrons. The topological polar surface area (TPSA) is 89.8 Å². The van der Waals surface area contributed by atoms with Gasteiger partial charge < -0.3 is 20.6 Å². The van der Waals surface area contributed by atoms with Gasteiger partial charge in [0.15, 0.2) is 5.54 Å². The Hall–Kier alpha value is -2.40. The van der Waals surface area contributed by atoms with Crippen LogP contribution in [0.25, 0.3) is 0 Å². The van der Waals surface area contributed by atoms with Crippen LogP contribution in [0.1, 0.15) is 12.5 Å². The zero-order chi connectivity index (χ0) is 15.6. The normalized spacial score (nSPS) is 13.4. The van der Waals surface area contributed by atoms with E-state index in [9.17, 15) is 20.1 Å². The largest absolute Gasteiger partial charge is 0.508 e. The van der Waals surface area contributed by atoms with Crippen molar-refractivity contribution in [2.24, 2.45) is 0 Å². The number of aromatic hydroxyl groups is 2. The molecule has 0 aliphatic carbocycles.